The van der Waals surface area contributed by atoms with Crippen molar-refractivity contribution in [1.29, 1.82) is 0 Å². The van der Waals surface area contributed by atoms with Crippen molar-refractivity contribution in [3.05, 3.63) is 42.2 Å². The molecule has 1 unspecified atom stereocenters. The van der Waals surface area contributed by atoms with Crippen molar-refractivity contribution in [1.82, 2.24) is 14.9 Å². The highest BCUT2D eigenvalue weighted by atomic mass is 16.7. The summed E-state index contributed by atoms with van der Waals surface area (Å²) in [5.74, 6) is 1.26. The highest BCUT2D eigenvalue weighted by Gasteiger charge is 2.27. The quantitative estimate of drug-likeness (QED) is 0.857. The smallest absolute Gasteiger partial charge is 0.316 e. The second-order valence-corrected chi connectivity index (χ2v) is 5.73. The van der Waals surface area contributed by atoms with E-state index in [4.69, 9.17) is 14.2 Å². The molecule has 1 saturated heterocycles. The number of likely N-dealkylation sites (tertiary alicyclic amines) is 1. The molecule has 1 atom stereocenters. The Bertz CT molecular complexity index is 738. The molecular weight excluding hydrogens is 310 g/mol. The molecule has 1 amide bonds. The first-order valence-electron chi connectivity index (χ1n) is 7.92. The zero-order valence-corrected chi connectivity index (χ0v) is 13.1. The summed E-state index contributed by atoms with van der Waals surface area (Å²) in [5, 5.41) is 0. The zero-order valence-electron chi connectivity index (χ0n) is 13.1. The molecule has 3 heterocycles. The Hall–Kier alpha value is -2.83. The third-order valence-corrected chi connectivity index (χ3v) is 4.10. The van der Waals surface area contributed by atoms with Crippen LogP contribution in [0.25, 0.3) is 0 Å². The molecule has 0 bridgehead atoms. The lowest BCUT2D eigenvalue weighted by Gasteiger charge is -2.32. The standard InChI is InChI=1S/C17H17N3O4/c21-16(12-4-5-14-15(9-12)23-11-22-14)20-8-1-3-13(10-20)24-17-18-6-2-7-19-17/h2,4-7,9,13H,1,3,8,10-11H2. The number of benzene rings is 1. The third-order valence-electron chi connectivity index (χ3n) is 4.10. The maximum atomic E-state index is 12.7. The van der Waals surface area contributed by atoms with Gasteiger partial charge in [0.25, 0.3) is 5.91 Å². The van der Waals surface area contributed by atoms with Gasteiger partial charge in [-0.1, -0.05) is 0 Å². The SMILES string of the molecule is O=C(c1ccc2c(c1)OCO2)N1CCCC(Oc2ncccn2)C1. The number of hydrogen-bond acceptors (Lipinski definition) is 6. The molecular formula is C17H17N3O4. The molecule has 7 nitrogen and oxygen atoms in total. The molecule has 0 N–H and O–H groups in total. The van der Waals surface area contributed by atoms with Crippen molar-refractivity contribution in [3.63, 3.8) is 0 Å². The Morgan fingerprint density at radius 3 is 2.92 bits per heavy atom. The normalized spacial score (nSPS) is 19.2. The van der Waals surface area contributed by atoms with E-state index in [0.29, 0.717) is 36.2 Å². The lowest BCUT2D eigenvalue weighted by molar-refractivity contribution is 0.0515. The maximum Gasteiger partial charge on any atom is 0.316 e. The van der Waals surface area contributed by atoms with Gasteiger partial charge in [-0.2, -0.15) is 0 Å². The number of carbonyl (C=O) groups excluding carboxylic acids is 1. The van der Waals surface area contributed by atoms with Crippen LogP contribution in [-0.4, -0.2) is 46.8 Å². The van der Waals surface area contributed by atoms with Crippen LogP contribution in [0.3, 0.4) is 0 Å². The first kappa shape index (κ1) is 14.7. The van der Waals surface area contributed by atoms with E-state index in [1.807, 2.05) is 0 Å². The van der Waals surface area contributed by atoms with Gasteiger partial charge in [0.1, 0.15) is 6.10 Å². The van der Waals surface area contributed by atoms with Crippen LogP contribution in [0.4, 0.5) is 0 Å². The highest BCUT2D eigenvalue weighted by Crippen LogP contribution is 2.33. The minimum Gasteiger partial charge on any atom is -0.458 e. The molecule has 0 radical (unpaired) electrons. The van der Waals surface area contributed by atoms with E-state index in [1.54, 1.807) is 41.6 Å². The number of amides is 1. The molecule has 1 fully saturated rings. The number of fused-ring (bicyclic) bond motifs is 1. The van der Waals surface area contributed by atoms with E-state index in [0.717, 1.165) is 12.8 Å². The summed E-state index contributed by atoms with van der Waals surface area (Å²) in [7, 11) is 0. The summed E-state index contributed by atoms with van der Waals surface area (Å²) in [6, 6.07) is 7.35. The molecule has 0 spiro atoms. The Labute approximate surface area is 139 Å². The van der Waals surface area contributed by atoms with Crippen LogP contribution in [0.1, 0.15) is 23.2 Å². The van der Waals surface area contributed by atoms with E-state index in [9.17, 15) is 4.79 Å². The minimum atomic E-state index is -0.0980. The molecule has 2 aromatic rings. The molecule has 2 aliphatic rings. The summed E-state index contributed by atoms with van der Waals surface area (Å²) in [4.78, 5) is 22.7. The first-order chi connectivity index (χ1) is 11.8. The Morgan fingerprint density at radius 1 is 1.21 bits per heavy atom. The van der Waals surface area contributed by atoms with Crippen LogP contribution in [-0.2, 0) is 0 Å². The number of nitrogens with zero attached hydrogens (tertiary/aromatic N) is 3. The number of rotatable bonds is 3. The number of hydrogen-bond donors (Lipinski definition) is 0. The fourth-order valence-corrected chi connectivity index (χ4v) is 2.93. The minimum absolute atomic E-state index is 0.0319. The Kier molecular flexibility index (Phi) is 3.90. The van der Waals surface area contributed by atoms with Crippen molar-refractivity contribution >= 4 is 5.91 Å². The molecule has 1 aromatic heterocycles. The van der Waals surface area contributed by atoms with Gasteiger partial charge in [0.15, 0.2) is 11.5 Å². The van der Waals surface area contributed by atoms with Crippen LogP contribution < -0.4 is 14.2 Å². The van der Waals surface area contributed by atoms with Crippen molar-refractivity contribution < 1.29 is 19.0 Å². The lowest BCUT2D eigenvalue weighted by atomic mass is 10.1. The third kappa shape index (κ3) is 2.97. The molecule has 0 aliphatic carbocycles. The predicted molar refractivity (Wildman–Crippen MR) is 84.2 cm³/mol. The van der Waals surface area contributed by atoms with Crippen molar-refractivity contribution in [2.75, 3.05) is 19.9 Å². The average Bonchev–Trinajstić information content (AvgIpc) is 3.10. The topological polar surface area (TPSA) is 73.8 Å². The monoisotopic (exact) mass is 327 g/mol. The average molecular weight is 327 g/mol. The van der Waals surface area contributed by atoms with E-state index in [2.05, 4.69) is 9.97 Å². The van der Waals surface area contributed by atoms with Gasteiger partial charge in [0.2, 0.25) is 6.79 Å². The van der Waals surface area contributed by atoms with Gasteiger partial charge in [0, 0.05) is 24.5 Å². The van der Waals surface area contributed by atoms with Crippen molar-refractivity contribution in [2.24, 2.45) is 0 Å². The predicted octanol–water partition coefficient (Wildman–Crippen LogP) is 1.89. The molecule has 0 saturated carbocycles. The van der Waals surface area contributed by atoms with Gasteiger partial charge in [0.05, 0.1) is 6.54 Å². The van der Waals surface area contributed by atoms with E-state index in [-0.39, 0.29) is 18.8 Å². The molecule has 124 valence electrons. The van der Waals surface area contributed by atoms with Gasteiger partial charge >= 0.3 is 6.01 Å². The van der Waals surface area contributed by atoms with Crippen LogP contribution in [0.2, 0.25) is 0 Å². The van der Waals surface area contributed by atoms with Gasteiger partial charge in [-0.3, -0.25) is 4.79 Å². The highest BCUT2D eigenvalue weighted by molar-refractivity contribution is 5.95. The Morgan fingerprint density at radius 2 is 2.04 bits per heavy atom. The van der Waals surface area contributed by atoms with Gasteiger partial charge in [-0.25, -0.2) is 9.97 Å². The van der Waals surface area contributed by atoms with Crippen LogP contribution in [0.15, 0.2) is 36.7 Å². The molecule has 4 rings (SSSR count). The van der Waals surface area contributed by atoms with E-state index in [1.165, 1.54) is 0 Å². The van der Waals surface area contributed by atoms with E-state index < -0.39 is 0 Å². The number of carbonyl (C=O) groups is 1. The summed E-state index contributed by atoms with van der Waals surface area (Å²) in [6.07, 6.45) is 4.94. The summed E-state index contributed by atoms with van der Waals surface area (Å²) in [6.45, 7) is 1.43. The fraction of sp³-hybridized carbons (Fsp3) is 0.353. The van der Waals surface area contributed by atoms with Gasteiger partial charge < -0.3 is 19.1 Å². The van der Waals surface area contributed by atoms with Crippen LogP contribution in [0, 0.1) is 0 Å². The second-order valence-electron chi connectivity index (χ2n) is 5.73. The Balaban J connectivity index is 1.44. The van der Waals surface area contributed by atoms with Crippen LogP contribution >= 0.6 is 0 Å². The summed E-state index contributed by atoms with van der Waals surface area (Å²) in [5.41, 5.74) is 0.593. The second kappa shape index (κ2) is 6.35. The van der Waals surface area contributed by atoms with Crippen molar-refractivity contribution in [3.8, 4) is 17.5 Å². The number of aromatic nitrogens is 2. The lowest BCUT2D eigenvalue weighted by Crippen LogP contribution is -2.44. The summed E-state index contributed by atoms with van der Waals surface area (Å²) >= 11 is 0. The number of piperidine rings is 1. The molecule has 7 heteroatoms. The van der Waals surface area contributed by atoms with Crippen molar-refractivity contribution in [2.45, 2.75) is 18.9 Å². The van der Waals surface area contributed by atoms with Crippen LogP contribution in [0.5, 0.6) is 17.5 Å². The zero-order chi connectivity index (χ0) is 16.4. The molecule has 2 aliphatic heterocycles. The first-order valence-corrected chi connectivity index (χ1v) is 7.92. The maximum absolute atomic E-state index is 12.7. The largest absolute Gasteiger partial charge is 0.458 e. The number of ether oxygens (including phenoxy) is 3. The molecule has 24 heavy (non-hydrogen) atoms. The van der Waals surface area contributed by atoms with Gasteiger partial charge in [-0.05, 0) is 37.1 Å². The van der Waals surface area contributed by atoms with Gasteiger partial charge in [-0.15, -0.1) is 0 Å². The van der Waals surface area contributed by atoms with E-state index >= 15 is 0 Å². The summed E-state index contributed by atoms with van der Waals surface area (Å²) < 4.78 is 16.4. The fourth-order valence-electron chi connectivity index (χ4n) is 2.93. The molecule has 1 aromatic carbocycles.